The average molecular weight is 430 g/mol. The summed E-state index contributed by atoms with van der Waals surface area (Å²) in [6.45, 7) is 0. The van der Waals surface area contributed by atoms with Crippen molar-refractivity contribution in [3.05, 3.63) is 70.6 Å². The van der Waals surface area contributed by atoms with Gasteiger partial charge < -0.3 is 10.1 Å². The number of imidazole rings is 1. The third-order valence-corrected chi connectivity index (χ3v) is 5.66. The summed E-state index contributed by atoms with van der Waals surface area (Å²) in [5.41, 5.74) is 2.60. The summed E-state index contributed by atoms with van der Waals surface area (Å²) >= 11 is 7.55. The molecule has 0 saturated carbocycles. The molecule has 8 heteroatoms. The first kappa shape index (κ1) is 19.4. The number of thiazole rings is 1. The molecular formula is C21H17ClFN3O2S. The maximum Gasteiger partial charge on any atom is 0.224 e. The quantitative estimate of drug-likeness (QED) is 0.444. The Morgan fingerprint density at radius 1 is 1.31 bits per heavy atom. The van der Waals surface area contributed by atoms with Gasteiger partial charge in [-0.2, -0.15) is 0 Å². The fourth-order valence-corrected chi connectivity index (χ4v) is 4.18. The van der Waals surface area contributed by atoms with Gasteiger partial charge in [0.05, 0.1) is 17.8 Å². The molecule has 2 heterocycles. The van der Waals surface area contributed by atoms with Crippen LogP contribution in [0.25, 0.3) is 16.2 Å². The molecule has 4 rings (SSSR count). The third-order valence-electron chi connectivity index (χ3n) is 4.48. The van der Waals surface area contributed by atoms with Gasteiger partial charge in [0.25, 0.3) is 0 Å². The van der Waals surface area contributed by atoms with Crippen LogP contribution in [0.2, 0.25) is 5.02 Å². The molecule has 0 unspecified atom stereocenters. The van der Waals surface area contributed by atoms with Gasteiger partial charge in [-0.1, -0.05) is 23.7 Å². The second-order valence-corrected chi connectivity index (χ2v) is 7.63. The topological polar surface area (TPSA) is 55.6 Å². The van der Waals surface area contributed by atoms with Crippen molar-refractivity contribution in [1.82, 2.24) is 9.38 Å². The van der Waals surface area contributed by atoms with E-state index in [2.05, 4.69) is 10.3 Å². The van der Waals surface area contributed by atoms with Gasteiger partial charge in [0.15, 0.2) is 4.96 Å². The van der Waals surface area contributed by atoms with Gasteiger partial charge in [0.1, 0.15) is 11.6 Å². The van der Waals surface area contributed by atoms with Gasteiger partial charge in [-0.25, -0.2) is 9.37 Å². The molecule has 0 spiro atoms. The van der Waals surface area contributed by atoms with Gasteiger partial charge in [-0.15, -0.1) is 11.3 Å². The number of benzene rings is 2. The van der Waals surface area contributed by atoms with Gasteiger partial charge in [0, 0.05) is 34.9 Å². The molecule has 0 saturated heterocycles. The number of halogens is 2. The Balaban J connectivity index is 1.45. The lowest BCUT2D eigenvalue weighted by molar-refractivity contribution is -0.116. The number of carbonyl (C=O) groups excluding carboxylic acids is 1. The minimum absolute atomic E-state index is 0.125. The second-order valence-electron chi connectivity index (χ2n) is 6.38. The van der Waals surface area contributed by atoms with Crippen LogP contribution in [0.1, 0.15) is 12.1 Å². The smallest absolute Gasteiger partial charge is 0.224 e. The number of methoxy groups -OCH3 is 1. The van der Waals surface area contributed by atoms with Crippen LogP contribution in [0.15, 0.2) is 54.0 Å². The molecule has 5 nitrogen and oxygen atoms in total. The number of carbonyl (C=O) groups is 1. The van der Waals surface area contributed by atoms with Crippen LogP contribution in [-0.2, 0) is 11.2 Å². The Morgan fingerprint density at radius 3 is 2.90 bits per heavy atom. The SMILES string of the molecule is COc1ccc(NC(=O)CCc2csc3nc(-c4ccccc4F)cn23)cc1Cl. The van der Waals surface area contributed by atoms with Crippen LogP contribution in [0, 0.1) is 5.82 Å². The monoisotopic (exact) mass is 429 g/mol. The Labute approximate surface area is 175 Å². The molecule has 0 atom stereocenters. The lowest BCUT2D eigenvalue weighted by Crippen LogP contribution is -2.12. The highest BCUT2D eigenvalue weighted by Gasteiger charge is 2.13. The van der Waals surface area contributed by atoms with Crippen molar-refractivity contribution in [2.24, 2.45) is 0 Å². The number of ether oxygens (including phenoxy) is 1. The molecule has 0 bridgehead atoms. The number of fused-ring (bicyclic) bond motifs is 1. The molecule has 0 fully saturated rings. The number of amides is 1. The Kier molecular flexibility index (Phi) is 5.51. The predicted molar refractivity (Wildman–Crippen MR) is 113 cm³/mol. The van der Waals surface area contributed by atoms with E-state index in [0.717, 1.165) is 10.7 Å². The summed E-state index contributed by atoms with van der Waals surface area (Å²) in [7, 11) is 1.54. The van der Waals surface area contributed by atoms with E-state index in [9.17, 15) is 9.18 Å². The predicted octanol–water partition coefficient (Wildman–Crippen LogP) is 5.44. The maximum absolute atomic E-state index is 14.0. The second kappa shape index (κ2) is 8.23. The number of aryl methyl sites for hydroxylation is 1. The lowest BCUT2D eigenvalue weighted by Gasteiger charge is -2.08. The normalized spacial score (nSPS) is 11.0. The summed E-state index contributed by atoms with van der Waals surface area (Å²) in [4.78, 5) is 17.6. The minimum Gasteiger partial charge on any atom is -0.495 e. The van der Waals surface area contributed by atoms with Crippen LogP contribution >= 0.6 is 22.9 Å². The molecule has 1 amide bonds. The third kappa shape index (κ3) is 4.11. The first-order valence-corrected chi connectivity index (χ1v) is 10.1. The fourth-order valence-electron chi connectivity index (χ4n) is 3.02. The fraction of sp³-hybridized carbons (Fsp3) is 0.143. The van der Waals surface area contributed by atoms with Crippen LogP contribution in [-0.4, -0.2) is 22.4 Å². The zero-order valence-corrected chi connectivity index (χ0v) is 17.1. The van der Waals surface area contributed by atoms with Crippen LogP contribution < -0.4 is 10.1 Å². The molecular weight excluding hydrogens is 413 g/mol. The van der Waals surface area contributed by atoms with E-state index in [1.165, 1.54) is 24.5 Å². The van der Waals surface area contributed by atoms with E-state index in [-0.39, 0.29) is 11.7 Å². The van der Waals surface area contributed by atoms with E-state index >= 15 is 0 Å². The van der Waals surface area contributed by atoms with Crippen LogP contribution in [0.3, 0.4) is 0 Å². The van der Waals surface area contributed by atoms with Crippen molar-refractivity contribution in [3.63, 3.8) is 0 Å². The molecule has 0 aliphatic carbocycles. The number of nitrogens with one attached hydrogen (secondary N) is 1. The largest absolute Gasteiger partial charge is 0.495 e. The summed E-state index contributed by atoms with van der Waals surface area (Å²) in [6.07, 6.45) is 2.63. The summed E-state index contributed by atoms with van der Waals surface area (Å²) < 4.78 is 21.0. The Hall–Kier alpha value is -2.90. The Morgan fingerprint density at radius 2 is 2.14 bits per heavy atom. The number of hydrogen-bond donors (Lipinski definition) is 1. The van der Waals surface area contributed by atoms with E-state index in [4.69, 9.17) is 16.3 Å². The van der Waals surface area contributed by atoms with Crippen molar-refractivity contribution in [1.29, 1.82) is 0 Å². The number of hydrogen-bond acceptors (Lipinski definition) is 4. The van der Waals surface area contributed by atoms with E-state index < -0.39 is 0 Å². The molecule has 0 aliphatic heterocycles. The number of anilines is 1. The highest BCUT2D eigenvalue weighted by atomic mass is 35.5. The average Bonchev–Trinajstić information content (AvgIpc) is 3.28. The van der Waals surface area contributed by atoms with Gasteiger partial charge in [0.2, 0.25) is 5.91 Å². The van der Waals surface area contributed by atoms with Crippen molar-refractivity contribution in [3.8, 4) is 17.0 Å². The molecule has 29 heavy (non-hydrogen) atoms. The van der Waals surface area contributed by atoms with Crippen molar-refractivity contribution < 1.29 is 13.9 Å². The number of rotatable bonds is 6. The molecule has 1 N–H and O–H groups in total. The van der Waals surface area contributed by atoms with E-state index in [0.29, 0.717) is 40.6 Å². The number of aromatic nitrogens is 2. The zero-order chi connectivity index (χ0) is 20.4. The molecule has 148 valence electrons. The first-order chi connectivity index (χ1) is 14.0. The van der Waals surface area contributed by atoms with E-state index in [1.54, 1.807) is 42.6 Å². The van der Waals surface area contributed by atoms with Crippen molar-refractivity contribution >= 4 is 39.5 Å². The highest BCUT2D eigenvalue weighted by Crippen LogP contribution is 2.28. The highest BCUT2D eigenvalue weighted by molar-refractivity contribution is 7.15. The molecule has 4 aromatic rings. The molecule has 2 aromatic carbocycles. The van der Waals surface area contributed by atoms with Gasteiger partial charge >= 0.3 is 0 Å². The maximum atomic E-state index is 14.0. The van der Waals surface area contributed by atoms with Gasteiger partial charge in [-0.05, 0) is 36.8 Å². The molecule has 2 aromatic heterocycles. The minimum atomic E-state index is -0.308. The lowest BCUT2D eigenvalue weighted by atomic mass is 10.1. The molecule has 0 radical (unpaired) electrons. The first-order valence-electron chi connectivity index (χ1n) is 8.89. The van der Waals surface area contributed by atoms with Gasteiger partial charge in [-0.3, -0.25) is 9.20 Å². The standard InChI is InChI=1S/C21H17ClFN3O2S/c1-28-19-8-6-13(10-16(19)22)24-20(27)9-7-14-12-29-21-25-18(11-26(14)21)15-4-2-3-5-17(15)23/h2-6,8,10-12H,7,9H2,1H3,(H,24,27). The summed E-state index contributed by atoms with van der Waals surface area (Å²) in [5.74, 6) is 0.119. The zero-order valence-electron chi connectivity index (χ0n) is 15.5. The Bertz CT molecular complexity index is 1190. The van der Waals surface area contributed by atoms with Crippen LogP contribution in [0.4, 0.5) is 10.1 Å². The number of nitrogens with zero attached hydrogens (tertiary/aromatic N) is 2. The van der Waals surface area contributed by atoms with Crippen molar-refractivity contribution in [2.45, 2.75) is 12.8 Å². The summed E-state index contributed by atoms with van der Waals surface area (Å²) in [6, 6.07) is 11.6. The van der Waals surface area contributed by atoms with Crippen molar-refractivity contribution in [2.75, 3.05) is 12.4 Å². The van der Waals surface area contributed by atoms with Crippen LogP contribution in [0.5, 0.6) is 5.75 Å². The molecule has 0 aliphatic rings. The summed E-state index contributed by atoms with van der Waals surface area (Å²) in [5, 5.41) is 5.23. The van der Waals surface area contributed by atoms with E-state index in [1.807, 2.05) is 9.78 Å².